The van der Waals surface area contributed by atoms with Gasteiger partial charge >= 0.3 is 5.69 Å². The van der Waals surface area contributed by atoms with Gasteiger partial charge in [0.15, 0.2) is 0 Å². The summed E-state index contributed by atoms with van der Waals surface area (Å²) in [5.74, 6) is 1.54. The van der Waals surface area contributed by atoms with Gasteiger partial charge in [0, 0.05) is 33.2 Å². The molecule has 1 aliphatic heterocycles. The number of nitro groups is 1. The Hall–Kier alpha value is -2.35. The Bertz CT molecular complexity index is 656. The summed E-state index contributed by atoms with van der Waals surface area (Å²) in [6, 6.07) is 3.84. The number of piperazine rings is 1. The highest BCUT2D eigenvalue weighted by atomic mass is 16.6. The summed E-state index contributed by atoms with van der Waals surface area (Å²) in [5, 5.41) is 15.5. The van der Waals surface area contributed by atoms with E-state index in [-0.39, 0.29) is 10.6 Å². The van der Waals surface area contributed by atoms with Crippen LogP contribution in [0, 0.1) is 17.0 Å². The van der Waals surface area contributed by atoms with Crippen LogP contribution in [0.1, 0.15) is 11.5 Å². The van der Waals surface area contributed by atoms with Crippen molar-refractivity contribution in [3.05, 3.63) is 40.0 Å². The second kappa shape index (κ2) is 5.80. The Labute approximate surface area is 128 Å². The van der Waals surface area contributed by atoms with Crippen LogP contribution in [-0.2, 0) is 13.6 Å². The summed E-state index contributed by atoms with van der Waals surface area (Å²) in [6.45, 7) is 5.59. The first kappa shape index (κ1) is 14.6. The van der Waals surface area contributed by atoms with Crippen molar-refractivity contribution in [3.63, 3.8) is 0 Å². The zero-order valence-corrected chi connectivity index (χ0v) is 12.7. The van der Waals surface area contributed by atoms with Crippen LogP contribution in [0.25, 0.3) is 0 Å². The first-order valence-electron chi connectivity index (χ1n) is 7.24. The molecule has 3 heterocycles. The van der Waals surface area contributed by atoms with Gasteiger partial charge in [-0.25, -0.2) is 4.68 Å². The van der Waals surface area contributed by atoms with E-state index in [9.17, 15) is 10.1 Å². The van der Waals surface area contributed by atoms with Crippen LogP contribution in [-0.4, -0.2) is 45.8 Å². The van der Waals surface area contributed by atoms with Gasteiger partial charge in [0.1, 0.15) is 11.5 Å². The Morgan fingerprint density at radius 2 is 2.09 bits per heavy atom. The lowest BCUT2D eigenvalue weighted by atomic mass is 10.2. The smallest absolute Gasteiger partial charge is 0.333 e. The van der Waals surface area contributed by atoms with Crippen molar-refractivity contribution in [1.29, 1.82) is 0 Å². The summed E-state index contributed by atoms with van der Waals surface area (Å²) in [5.41, 5.74) is 0.572. The van der Waals surface area contributed by atoms with Gasteiger partial charge in [-0.1, -0.05) is 0 Å². The highest BCUT2D eigenvalue weighted by Gasteiger charge is 2.30. The second-order valence-electron chi connectivity index (χ2n) is 5.48. The van der Waals surface area contributed by atoms with E-state index < -0.39 is 0 Å². The predicted octanol–water partition coefficient (Wildman–Crippen LogP) is 1.55. The Morgan fingerprint density at radius 1 is 1.36 bits per heavy atom. The molecule has 1 fully saturated rings. The zero-order chi connectivity index (χ0) is 15.7. The molecule has 0 bridgehead atoms. The van der Waals surface area contributed by atoms with Crippen molar-refractivity contribution >= 4 is 11.5 Å². The molecule has 8 nitrogen and oxygen atoms in total. The van der Waals surface area contributed by atoms with Gasteiger partial charge in [0.25, 0.3) is 0 Å². The van der Waals surface area contributed by atoms with E-state index in [1.165, 1.54) is 0 Å². The molecule has 0 amide bonds. The summed E-state index contributed by atoms with van der Waals surface area (Å²) in [4.78, 5) is 15.3. The zero-order valence-electron chi connectivity index (χ0n) is 12.7. The number of hydrogen-bond donors (Lipinski definition) is 0. The molecule has 3 rings (SSSR count). The van der Waals surface area contributed by atoms with E-state index in [0.29, 0.717) is 11.5 Å². The highest BCUT2D eigenvalue weighted by molar-refractivity contribution is 5.61. The molecular formula is C14H19N5O3. The molecule has 2 aromatic heterocycles. The third-order valence-corrected chi connectivity index (χ3v) is 3.97. The molecule has 0 unspecified atom stereocenters. The lowest BCUT2D eigenvalue weighted by molar-refractivity contribution is -0.384. The number of rotatable bonds is 4. The number of aryl methyl sites for hydroxylation is 2. The topological polar surface area (TPSA) is 80.6 Å². The van der Waals surface area contributed by atoms with E-state index in [1.54, 1.807) is 24.9 Å². The quantitative estimate of drug-likeness (QED) is 0.630. The Morgan fingerprint density at radius 3 is 2.68 bits per heavy atom. The van der Waals surface area contributed by atoms with Crippen molar-refractivity contribution in [2.24, 2.45) is 7.05 Å². The molecule has 0 spiro atoms. The van der Waals surface area contributed by atoms with Crippen molar-refractivity contribution in [2.45, 2.75) is 13.5 Å². The van der Waals surface area contributed by atoms with Gasteiger partial charge in [-0.3, -0.25) is 15.0 Å². The summed E-state index contributed by atoms with van der Waals surface area (Å²) in [7, 11) is 1.75. The third-order valence-electron chi connectivity index (χ3n) is 3.97. The lowest BCUT2D eigenvalue weighted by Gasteiger charge is -2.34. The Balaban J connectivity index is 1.70. The monoisotopic (exact) mass is 305 g/mol. The summed E-state index contributed by atoms with van der Waals surface area (Å²) >= 11 is 0. The molecule has 0 radical (unpaired) electrons. The van der Waals surface area contributed by atoms with Crippen LogP contribution >= 0.6 is 0 Å². The molecular weight excluding hydrogens is 286 g/mol. The standard InChI is InChI=1S/C14H19N5O3/c1-11-13(19(20)21)14(16(2)15-11)18-7-5-17(6-8-18)10-12-4-3-9-22-12/h3-4,9H,5-8,10H2,1-2H3. The molecule has 0 N–H and O–H groups in total. The maximum absolute atomic E-state index is 11.3. The first-order chi connectivity index (χ1) is 10.6. The summed E-state index contributed by atoms with van der Waals surface area (Å²) in [6.07, 6.45) is 1.67. The van der Waals surface area contributed by atoms with Gasteiger partial charge in [-0.05, 0) is 19.1 Å². The number of anilines is 1. The average Bonchev–Trinajstić information content (AvgIpc) is 3.07. The van der Waals surface area contributed by atoms with Gasteiger partial charge in [-0.15, -0.1) is 0 Å². The number of furan rings is 1. The molecule has 1 aliphatic rings. The fourth-order valence-corrected chi connectivity index (χ4v) is 2.94. The number of aromatic nitrogens is 2. The molecule has 0 aliphatic carbocycles. The van der Waals surface area contributed by atoms with Crippen LogP contribution in [0.5, 0.6) is 0 Å². The highest BCUT2D eigenvalue weighted by Crippen LogP contribution is 2.31. The van der Waals surface area contributed by atoms with Gasteiger partial charge < -0.3 is 9.32 Å². The Kier molecular flexibility index (Phi) is 3.84. The number of hydrogen-bond acceptors (Lipinski definition) is 6. The van der Waals surface area contributed by atoms with E-state index in [0.717, 1.165) is 38.5 Å². The van der Waals surface area contributed by atoms with E-state index in [2.05, 4.69) is 10.00 Å². The van der Waals surface area contributed by atoms with Crippen LogP contribution in [0.2, 0.25) is 0 Å². The second-order valence-corrected chi connectivity index (χ2v) is 5.48. The normalized spacial score (nSPS) is 16.2. The van der Waals surface area contributed by atoms with E-state index in [4.69, 9.17) is 4.42 Å². The molecule has 0 saturated carbocycles. The van der Waals surface area contributed by atoms with Gasteiger partial charge in [0.05, 0.1) is 17.7 Å². The van der Waals surface area contributed by atoms with Crippen LogP contribution < -0.4 is 4.90 Å². The average molecular weight is 305 g/mol. The van der Waals surface area contributed by atoms with E-state index >= 15 is 0 Å². The van der Waals surface area contributed by atoms with Crippen LogP contribution in [0.3, 0.4) is 0 Å². The van der Waals surface area contributed by atoms with Crippen LogP contribution in [0.4, 0.5) is 11.5 Å². The minimum atomic E-state index is -0.340. The maximum Gasteiger partial charge on any atom is 0.333 e. The molecule has 0 aromatic carbocycles. The molecule has 8 heteroatoms. The molecule has 1 saturated heterocycles. The predicted molar refractivity (Wildman–Crippen MR) is 80.8 cm³/mol. The SMILES string of the molecule is Cc1nn(C)c(N2CCN(Cc3ccco3)CC2)c1[N+](=O)[O-]. The first-order valence-corrected chi connectivity index (χ1v) is 7.24. The van der Waals surface area contributed by atoms with Crippen molar-refractivity contribution < 1.29 is 9.34 Å². The fraction of sp³-hybridized carbons (Fsp3) is 0.500. The molecule has 118 valence electrons. The van der Waals surface area contributed by atoms with Gasteiger partial charge in [-0.2, -0.15) is 5.10 Å². The largest absolute Gasteiger partial charge is 0.468 e. The third kappa shape index (κ3) is 2.69. The lowest BCUT2D eigenvalue weighted by Crippen LogP contribution is -2.46. The molecule has 22 heavy (non-hydrogen) atoms. The fourth-order valence-electron chi connectivity index (χ4n) is 2.94. The van der Waals surface area contributed by atoms with Crippen molar-refractivity contribution in [3.8, 4) is 0 Å². The molecule has 0 atom stereocenters. The van der Waals surface area contributed by atoms with Crippen LogP contribution in [0.15, 0.2) is 22.8 Å². The van der Waals surface area contributed by atoms with Crippen molar-refractivity contribution in [1.82, 2.24) is 14.7 Å². The van der Waals surface area contributed by atoms with Crippen molar-refractivity contribution in [2.75, 3.05) is 31.1 Å². The maximum atomic E-state index is 11.3. The number of nitrogens with zero attached hydrogens (tertiary/aromatic N) is 5. The van der Waals surface area contributed by atoms with E-state index in [1.807, 2.05) is 17.0 Å². The summed E-state index contributed by atoms with van der Waals surface area (Å²) < 4.78 is 6.97. The molecule has 2 aromatic rings. The van der Waals surface area contributed by atoms with Gasteiger partial charge in [0.2, 0.25) is 5.82 Å². The minimum Gasteiger partial charge on any atom is -0.468 e. The minimum absolute atomic E-state index is 0.113.